The standard InChI is InChI=1S/C12H19N3O/c1-8-6-10(12(14)15-7-8)11(16)5-3-4-9(2)13/h6-7,9H,3-5,13H2,1-2H3,(H2,14,15). The van der Waals surface area contributed by atoms with Crippen LogP contribution in [0.2, 0.25) is 0 Å². The summed E-state index contributed by atoms with van der Waals surface area (Å²) in [4.78, 5) is 15.8. The van der Waals surface area contributed by atoms with Crippen molar-refractivity contribution >= 4 is 11.6 Å². The molecule has 1 atom stereocenters. The van der Waals surface area contributed by atoms with E-state index >= 15 is 0 Å². The minimum Gasteiger partial charge on any atom is -0.383 e. The molecule has 0 radical (unpaired) electrons. The molecule has 0 aliphatic rings. The number of anilines is 1. The Morgan fingerprint density at radius 1 is 1.56 bits per heavy atom. The first kappa shape index (κ1) is 12.6. The average Bonchev–Trinajstić information content (AvgIpc) is 2.21. The fourth-order valence-corrected chi connectivity index (χ4v) is 1.52. The lowest BCUT2D eigenvalue weighted by Gasteiger charge is -2.06. The molecule has 0 saturated heterocycles. The molecule has 1 aromatic rings. The zero-order valence-electron chi connectivity index (χ0n) is 9.86. The molecule has 0 saturated carbocycles. The second kappa shape index (κ2) is 5.61. The summed E-state index contributed by atoms with van der Waals surface area (Å²) in [6.45, 7) is 3.83. The second-order valence-corrected chi connectivity index (χ2v) is 4.24. The third kappa shape index (κ3) is 3.62. The van der Waals surface area contributed by atoms with Crippen molar-refractivity contribution in [3.05, 3.63) is 23.4 Å². The Labute approximate surface area is 96.0 Å². The predicted octanol–water partition coefficient (Wildman–Crippen LogP) is 1.67. The zero-order valence-corrected chi connectivity index (χ0v) is 9.86. The fraction of sp³-hybridized carbons (Fsp3) is 0.500. The highest BCUT2D eigenvalue weighted by atomic mass is 16.1. The lowest BCUT2D eigenvalue weighted by Crippen LogP contribution is -2.15. The number of carbonyl (C=O) groups is 1. The second-order valence-electron chi connectivity index (χ2n) is 4.24. The van der Waals surface area contributed by atoms with E-state index in [0.29, 0.717) is 17.8 Å². The normalized spacial score (nSPS) is 12.4. The lowest BCUT2D eigenvalue weighted by atomic mass is 10.0. The van der Waals surface area contributed by atoms with Gasteiger partial charge in [-0.25, -0.2) is 4.98 Å². The van der Waals surface area contributed by atoms with Gasteiger partial charge in [0.15, 0.2) is 5.78 Å². The molecule has 16 heavy (non-hydrogen) atoms. The Balaban J connectivity index is 2.62. The number of aryl methyl sites for hydroxylation is 1. The van der Waals surface area contributed by atoms with E-state index in [1.54, 1.807) is 12.3 Å². The van der Waals surface area contributed by atoms with Crippen LogP contribution in [0, 0.1) is 6.92 Å². The van der Waals surface area contributed by atoms with Crippen LogP contribution in [0.15, 0.2) is 12.3 Å². The SMILES string of the molecule is Cc1cnc(N)c(C(=O)CCCC(C)N)c1. The van der Waals surface area contributed by atoms with Gasteiger partial charge in [-0.05, 0) is 38.3 Å². The average molecular weight is 221 g/mol. The van der Waals surface area contributed by atoms with Crippen molar-refractivity contribution < 1.29 is 4.79 Å². The highest BCUT2D eigenvalue weighted by Crippen LogP contribution is 2.14. The van der Waals surface area contributed by atoms with Crippen molar-refractivity contribution in [1.29, 1.82) is 0 Å². The first-order chi connectivity index (χ1) is 7.50. The number of rotatable bonds is 5. The third-order valence-corrected chi connectivity index (χ3v) is 2.42. The van der Waals surface area contributed by atoms with Crippen molar-refractivity contribution in [2.24, 2.45) is 5.73 Å². The number of carbonyl (C=O) groups excluding carboxylic acids is 1. The van der Waals surface area contributed by atoms with Crippen LogP contribution in [0.4, 0.5) is 5.82 Å². The number of Topliss-reactive ketones (excluding diaryl/α,β-unsaturated/α-hetero) is 1. The number of nitrogens with two attached hydrogens (primary N) is 2. The van der Waals surface area contributed by atoms with Gasteiger partial charge in [0, 0.05) is 18.7 Å². The van der Waals surface area contributed by atoms with E-state index in [2.05, 4.69) is 4.98 Å². The lowest BCUT2D eigenvalue weighted by molar-refractivity contribution is 0.0979. The Hall–Kier alpha value is -1.42. The minimum absolute atomic E-state index is 0.0503. The van der Waals surface area contributed by atoms with Crippen LogP contribution < -0.4 is 11.5 Å². The van der Waals surface area contributed by atoms with Crippen molar-refractivity contribution in [3.8, 4) is 0 Å². The van der Waals surface area contributed by atoms with Gasteiger partial charge in [-0.2, -0.15) is 0 Å². The Kier molecular flexibility index (Phi) is 4.43. The van der Waals surface area contributed by atoms with Crippen molar-refractivity contribution in [2.45, 2.75) is 39.2 Å². The van der Waals surface area contributed by atoms with Gasteiger partial charge >= 0.3 is 0 Å². The number of nitrogens with zero attached hydrogens (tertiary/aromatic N) is 1. The topological polar surface area (TPSA) is 82.0 Å². The zero-order chi connectivity index (χ0) is 12.1. The van der Waals surface area contributed by atoms with Crippen molar-refractivity contribution in [2.75, 3.05) is 5.73 Å². The van der Waals surface area contributed by atoms with Crippen molar-refractivity contribution in [3.63, 3.8) is 0 Å². The number of ketones is 1. The molecule has 1 heterocycles. The number of hydrogen-bond acceptors (Lipinski definition) is 4. The van der Waals surface area contributed by atoms with Gasteiger partial charge in [0.25, 0.3) is 0 Å². The summed E-state index contributed by atoms with van der Waals surface area (Å²) >= 11 is 0. The molecule has 0 aliphatic carbocycles. The minimum atomic E-state index is 0.0503. The van der Waals surface area contributed by atoms with Gasteiger partial charge in [-0.15, -0.1) is 0 Å². The van der Waals surface area contributed by atoms with Crippen LogP contribution in [0.3, 0.4) is 0 Å². The van der Waals surface area contributed by atoms with Crippen LogP contribution in [0.1, 0.15) is 42.1 Å². The first-order valence-electron chi connectivity index (χ1n) is 5.51. The molecule has 88 valence electrons. The summed E-state index contributed by atoms with van der Waals surface area (Å²) in [5, 5.41) is 0. The van der Waals surface area contributed by atoms with E-state index in [0.717, 1.165) is 18.4 Å². The fourth-order valence-electron chi connectivity index (χ4n) is 1.52. The highest BCUT2D eigenvalue weighted by Gasteiger charge is 2.10. The molecular weight excluding hydrogens is 202 g/mol. The molecular formula is C12H19N3O. The summed E-state index contributed by atoms with van der Waals surface area (Å²) in [5.74, 6) is 0.366. The molecule has 0 bridgehead atoms. The van der Waals surface area contributed by atoms with Gasteiger partial charge in [0.2, 0.25) is 0 Å². The molecule has 4 nitrogen and oxygen atoms in total. The summed E-state index contributed by atoms with van der Waals surface area (Å²) in [5.41, 5.74) is 12.8. The predicted molar refractivity (Wildman–Crippen MR) is 65.2 cm³/mol. The number of nitrogen functional groups attached to an aromatic ring is 1. The van der Waals surface area contributed by atoms with Gasteiger partial charge in [-0.1, -0.05) is 0 Å². The van der Waals surface area contributed by atoms with E-state index in [4.69, 9.17) is 11.5 Å². The highest BCUT2D eigenvalue weighted by molar-refractivity contribution is 6.00. The van der Waals surface area contributed by atoms with Crippen LogP contribution in [0.25, 0.3) is 0 Å². The molecule has 0 aromatic carbocycles. The van der Waals surface area contributed by atoms with E-state index < -0.39 is 0 Å². The number of aromatic nitrogens is 1. The molecule has 1 aromatic heterocycles. The largest absolute Gasteiger partial charge is 0.383 e. The summed E-state index contributed by atoms with van der Waals surface area (Å²) < 4.78 is 0. The maximum atomic E-state index is 11.8. The van der Waals surface area contributed by atoms with Crippen molar-refractivity contribution in [1.82, 2.24) is 4.98 Å². The molecule has 1 rings (SSSR count). The molecule has 1 unspecified atom stereocenters. The summed E-state index contributed by atoms with van der Waals surface area (Å²) in [6.07, 6.45) is 3.79. The van der Waals surface area contributed by atoms with Gasteiger partial charge < -0.3 is 11.5 Å². The van der Waals surface area contributed by atoms with Crippen LogP contribution in [-0.2, 0) is 0 Å². The smallest absolute Gasteiger partial charge is 0.166 e. The molecule has 4 heteroatoms. The van der Waals surface area contributed by atoms with E-state index in [-0.39, 0.29) is 11.8 Å². The van der Waals surface area contributed by atoms with E-state index in [9.17, 15) is 4.79 Å². The Morgan fingerprint density at radius 3 is 2.88 bits per heavy atom. The van der Waals surface area contributed by atoms with Crippen LogP contribution in [-0.4, -0.2) is 16.8 Å². The van der Waals surface area contributed by atoms with Crippen LogP contribution in [0.5, 0.6) is 0 Å². The maximum Gasteiger partial charge on any atom is 0.166 e. The Bertz CT molecular complexity index is 375. The summed E-state index contributed by atoms with van der Waals surface area (Å²) in [7, 11) is 0. The number of pyridine rings is 1. The van der Waals surface area contributed by atoms with Crippen LogP contribution >= 0.6 is 0 Å². The monoisotopic (exact) mass is 221 g/mol. The van der Waals surface area contributed by atoms with E-state index in [1.807, 2.05) is 13.8 Å². The van der Waals surface area contributed by atoms with Gasteiger partial charge in [-0.3, -0.25) is 4.79 Å². The van der Waals surface area contributed by atoms with Gasteiger partial charge in [0.1, 0.15) is 5.82 Å². The molecule has 4 N–H and O–H groups in total. The first-order valence-corrected chi connectivity index (χ1v) is 5.51. The quantitative estimate of drug-likeness (QED) is 0.741. The van der Waals surface area contributed by atoms with Gasteiger partial charge in [0.05, 0.1) is 5.56 Å². The maximum absolute atomic E-state index is 11.8. The molecule has 0 spiro atoms. The van der Waals surface area contributed by atoms with E-state index in [1.165, 1.54) is 0 Å². The molecule has 0 aliphatic heterocycles. The molecule has 0 fully saturated rings. The Morgan fingerprint density at radius 2 is 2.25 bits per heavy atom. The number of hydrogen-bond donors (Lipinski definition) is 2. The third-order valence-electron chi connectivity index (χ3n) is 2.42. The summed E-state index contributed by atoms with van der Waals surface area (Å²) in [6, 6.07) is 1.93. The molecule has 0 amide bonds.